The highest BCUT2D eigenvalue weighted by atomic mass is 19.1. The number of hydrogen-bond acceptors (Lipinski definition) is 3. The molecule has 28 heavy (non-hydrogen) atoms. The van der Waals surface area contributed by atoms with Crippen molar-refractivity contribution in [2.75, 3.05) is 31.6 Å². The fourth-order valence-electron chi connectivity index (χ4n) is 3.67. The summed E-state index contributed by atoms with van der Waals surface area (Å²) in [6.07, 6.45) is 2.92. The summed E-state index contributed by atoms with van der Waals surface area (Å²) >= 11 is 0. The number of likely N-dealkylation sites (tertiary alicyclic amines) is 1. The molecule has 2 saturated heterocycles. The van der Waals surface area contributed by atoms with Crippen LogP contribution < -0.4 is 10.1 Å². The van der Waals surface area contributed by atoms with Crippen molar-refractivity contribution in [1.82, 2.24) is 4.90 Å². The fourth-order valence-corrected chi connectivity index (χ4v) is 3.67. The minimum atomic E-state index is -0.176. The summed E-state index contributed by atoms with van der Waals surface area (Å²) in [6, 6.07) is 14.1. The molecule has 5 nitrogen and oxygen atoms in total. The van der Waals surface area contributed by atoms with E-state index in [0.717, 1.165) is 19.4 Å². The van der Waals surface area contributed by atoms with Crippen molar-refractivity contribution in [2.45, 2.75) is 25.4 Å². The van der Waals surface area contributed by atoms with E-state index in [2.05, 4.69) is 5.32 Å². The van der Waals surface area contributed by atoms with Crippen LogP contribution in [0.4, 0.5) is 14.9 Å². The molecule has 0 saturated carbocycles. The Labute approximate surface area is 164 Å². The third-order valence-corrected chi connectivity index (χ3v) is 5.26. The van der Waals surface area contributed by atoms with Gasteiger partial charge in [0.1, 0.15) is 18.2 Å². The van der Waals surface area contributed by atoms with Gasteiger partial charge < -0.3 is 19.7 Å². The lowest BCUT2D eigenvalue weighted by molar-refractivity contribution is 0.0680. The first kappa shape index (κ1) is 18.7. The van der Waals surface area contributed by atoms with Gasteiger partial charge in [0.05, 0.1) is 6.10 Å². The number of nitrogens with zero attached hydrogens (tertiary/aromatic N) is 1. The van der Waals surface area contributed by atoms with Crippen molar-refractivity contribution in [3.05, 3.63) is 59.9 Å². The third kappa shape index (κ3) is 4.62. The van der Waals surface area contributed by atoms with E-state index in [1.54, 1.807) is 17.0 Å². The second kappa shape index (κ2) is 8.61. The SMILES string of the molecule is O=C(Nc1cccc(OCC2CCCO2)c1)N1CC(Cc2ccccc2F)C1. The van der Waals surface area contributed by atoms with E-state index in [-0.39, 0.29) is 18.0 Å². The maximum atomic E-state index is 13.7. The first-order valence-electron chi connectivity index (χ1n) is 9.81. The number of benzene rings is 2. The van der Waals surface area contributed by atoms with Crippen LogP contribution in [0.3, 0.4) is 0 Å². The number of nitrogens with one attached hydrogen (secondary N) is 1. The van der Waals surface area contributed by atoms with E-state index in [1.807, 2.05) is 30.3 Å². The average Bonchev–Trinajstić information content (AvgIpc) is 3.18. The molecule has 2 aliphatic heterocycles. The summed E-state index contributed by atoms with van der Waals surface area (Å²) in [6.45, 7) is 2.60. The summed E-state index contributed by atoms with van der Waals surface area (Å²) in [5.74, 6) is 0.836. The molecule has 1 atom stereocenters. The van der Waals surface area contributed by atoms with Gasteiger partial charge in [-0.05, 0) is 48.9 Å². The average molecular weight is 384 g/mol. The van der Waals surface area contributed by atoms with Crippen LogP contribution >= 0.6 is 0 Å². The number of halogens is 1. The van der Waals surface area contributed by atoms with Crippen LogP contribution in [0, 0.1) is 11.7 Å². The van der Waals surface area contributed by atoms with Gasteiger partial charge >= 0.3 is 6.03 Å². The predicted molar refractivity (Wildman–Crippen MR) is 105 cm³/mol. The van der Waals surface area contributed by atoms with Gasteiger partial charge in [0.25, 0.3) is 0 Å². The van der Waals surface area contributed by atoms with Crippen molar-refractivity contribution in [2.24, 2.45) is 5.92 Å². The van der Waals surface area contributed by atoms with E-state index >= 15 is 0 Å². The quantitative estimate of drug-likeness (QED) is 0.816. The highest BCUT2D eigenvalue weighted by Gasteiger charge is 2.31. The highest BCUT2D eigenvalue weighted by Crippen LogP contribution is 2.24. The number of carbonyl (C=O) groups is 1. The van der Waals surface area contributed by atoms with Crippen LogP contribution in [0.15, 0.2) is 48.5 Å². The van der Waals surface area contributed by atoms with Gasteiger partial charge in [-0.1, -0.05) is 24.3 Å². The van der Waals surface area contributed by atoms with Crippen LogP contribution in [0.1, 0.15) is 18.4 Å². The summed E-state index contributed by atoms with van der Waals surface area (Å²) in [4.78, 5) is 14.2. The van der Waals surface area contributed by atoms with Crippen molar-refractivity contribution < 1.29 is 18.7 Å². The zero-order valence-electron chi connectivity index (χ0n) is 15.8. The summed E-state index contributed by atoms with van der Waals surface area (Å²) < 4.78 is 25.1. The number of carbonyl (C=O) groups excluding carboxylic acids is 1. The molecule has 2 fully saturated rings. The molecule has 2 aromatic carbocycles. The first-order valence-corrected chi connectivity index (χ1v) is 9.81. The van der Waals surface area contributed by atoms with Crippen molar-refractivity contribution in [3.8, 4) is 5.75 Å². The Morgan fingerprint density at radius 1 is 1.21 bits per heavy atom. The van der Waals surface area contributed by atoms with Gasteiger partial charge in [0, 0.05) is 31.5 Å². The van der Waals surface area contributed by atoms with E-state index < -0.39 is 0 Å². The van der Waals surface area contributed by atoms with Crippen LogP contribution in [0.2, 0.25) is 0 Å². The molecule has 0 bridgehead atoms. The summed E-state index contributed by atoms with van der Waals surface area (Å²) in [7, 11) is 0. The van der Waals surface area contributed by atoms with Crippen molar-refractivity contribution in [3.63, 3.8) is 0 Å². The van der Waals surface area contributed by atoms with Gasteiger partial charge in [0.15, 0.2) is 0 Å². The van der Waals surface area contributed by atoms with E-state index in [0.29, 0.717) is 49.0 Å². The molecular weight excluding hydrogens is 359 g/mol. The Bertz CT molecular complexity index is 817. The Hall–Kier alpha value is -2.60. The second-order valence-corrected chi connectivity index (χ2v) is 7.47. The minimum Gasteiger partial charge on any atom is -0.491 e. The second-order valence-electron chi connectivity index (χ2n) is 7.47. The Kier molecular flexibility index (Phi) is 5.76. The lowest BCUT2D eigenvalue weighted by atomic mass is 9.92. The highest BCUT2D eigenvalue weighted by molar-refractivity contribution is 5.90. The molecule has 2 heterocycles. The molecule has 0 aromatic heterocycles. The molecule has 0 aliphatic carbocycles. The zero-order chi connectivity index (χ0) is 19.3. The third-order valence-electron chi connectivity index (χ3n) is 5.26. The Morgan fingerprint density at radius 3 is 2.86 bits per heavy atom. The summed E-state index contributed by atoms with van der Waals surface area (Å²) in [5, 5.41) is 2.91. The Balaban J connectivity index is 1.24. The molecule has 6 heteroatoms. The van der Waals surface area contributed by atoms with E-state index in [4.69, 9.17) is 9.47 Å². The van der Waals surface area contributed by atoms with Gasteiger partial charge in [-0.25, -0.2) is 9.18 Å². The zero-order valence-corrected chi connectivity index (χ0v) is 15.8. The number of ether oxygens (including phenoxy) is 2. The largest absolute Gasteiger partial charge is 0.491 e. The Morgan fingerprint density at radius 2 is 2.07 bits per heavy atom. The van der Waals surface area contributed by atoms with Crippen LogP contribution in [-0.2, 0) is 11.2 Å². The maximum absolute atomic E-state index is 13.7. The normalized spacial score (nSPS) is 19.3. The number of amides is 2. The molecule has 1 N–H and O–H groups in total. The molecule has 2 amide bonds. The van der Waals surface area contributed by atoms with E-state index in [1.165, 1.54) is 6.07 Å². The van der Waals surface area contributed by atoms with Gasteiger partial charge in [-0.3, -0.25) is 0 Å². The maximum Gasteiger partial charge on any atom is 0.321 e. The molecule has 1 unspecified atom stereocenters. The predicted octanol–water partition coefficient (Wildman–Crippen LogP) is 4.09. The van der Waals surface area contributed by atoms with Crippen molar-refractivity contribution in [1.29, 1.82) is 0 Å². The molecule has 2 aromatic rings. The van der Waals surface area contributed by atoms with Crippen molar-refractivity contribution >= 4 is 11.7 Å². The van der Waals surface area contributed by atoms with Crippen LogP contribution in [0.5, 0.6) is 5.75 Å². The molecule has 0 spiro atoms. The first-order chi connectivity index (χ1) is 13.7. The van der Waals surface area contributed by atoms with Gasteiger partial charge in [-0.15, -0.1) is 0 Å². The number of urea groups is 1. The van der Waals surface area contributed by atoms with Gasteiger partial charge in [-0.2, -0.15) is 0 Å². The molecule has 148 valence electrons. The molecule has 2 aliphatic rings. The standard InChI is InChI=1S/C22H25FN2O3/c23-21-9-2-1-5-17(21)11-16-13-25(14-16)22(26)24-18-6-3-7-19(12-18)28-15-20-8-4-10-27-20/h1-3,5-7,9,12,16,20H,4,8,10-11,13-15H2,(H,24,26). The van der Waals surface area contributed by atoms with E-state index in [9.17, 15) is 9.18 Å². The topological polar surface area (TPSA) is 50.8 Å². The monoisotopic (exact) mass is 384 g/mol. The number of rotatable bonds is 6. The molecule has 0 radical (unpaired) electrons. The summed E-state index contributed by atoms with van der Waals surface area (Å²) in [5.41, 5.74) is 1.41. The van der Waals surface area contributed by atoms with Crippen LogP contribution in [0.25, 0.3) is 0 Å². The number of anilines is 1. The van der Waals surface area contributed by atoms with Crippen LogP contribution in [-0.4, -0.2) is 43.3 Å². The number of hydrogen-bond donors (Lipinski definition) is 1. The lowest BCUT2D eigenvalue weighted by Crippen LogP contribution is -2.52. The fraction of sp³-hybridized carbons (Fsp3) is 0.409. The van der Waals surface area contributed by atoms with Gasteiger partial charge in [0.2, 0.25) is 0 Å². The lowest BCUT2D eigenvalue weighted by Gasteiger charge is -2.39. The minimum absolute atomic E-state index is 0.138. The molecule has 4 rings (SSSR count). The smallest absolute Gasteiger partial charge is 0.321 e. The molecular formula is C22H25FN2O3.